The lowest BCUT2D eigenvalue weighted by atomic mass is 10.1. The first-order valence-corrected chi connectivity index (χ1v) is 9.55. The highest BCUT2D eigenvalue weighted by molar-refractivity contribution is 5.77. The van der Waals surface area contributed by atoms with E-state index in [1.807, 2.05) is 12.1 Å². The Kier molecular flexibility index (Phi) is 8.12. The predicted octanol–water partition coefficient (Wildman–Crippen LogP) is 6.59. The van der Waals surface area contributed by atoms with Gasteiger partial charge in [0.25, 0.3) is 0 Å². The van der Waals surface area contributed by atoms with Gasteiger partial charge in [0, 0.05) is 17.5 Å². The third-order valence-electron chi connectivity index (χ3n) is 4.40. The van der Waals surface area contributed by atoms with E-state index in [-0.39, 0.29) is 5.63 Å². The largest absolute Gasteiger partial charge is 0.489 e. The van der Waals surface area contributed by atoms with Gasteiger partial charge in [-0.05, 0) is 77.7 Å². The lowest BCUT2D eigenvalue weighted by molar-refractivity contribution is 0.361. The van der Waals surface area contributed by atoms with E-state index in [1.54, 1.807) is 12.1 Å². The molecule has 1 heterocycles. The Balaban J connectivity index is 1.78. The summed E-state index contributed by atoms with van der Waals surface area (Å²) < 4.78 is 11.0. The quantitative estimate of drug-likeness (QED) is 0.371. The molecule has 0 saturated carbocycles. The lowest BCUT2D eigenvalue weighted by Crippen LogP contribution is -1.97. The highest BCUT2D eigenvalue weighted by atomic mass is 16.5. The molecule has 0 radical (unpaired) electrons. The minimum atomic E-state index is -0.348. The van der Waals surface area contributed by atoms with Crippen molar-refractivity contribution in [3.05, 3.63) is 75.7 Å². The SMILES string of the molecule is CC(C)=CCC/C(C)=C/CC/C(C)=C/COc1ccc2ccc(=O)oc2c1. The van der Waals surface area contributed by atoms with Crippen molar-refractivity contribution in [2.45, 2.75) is 53.4 Å². The minimum Gasteiger partial charge on any atom is -0.489 e. The Bertz CT molecular complexity index is 893. The van der Waals surface area contributed by atoms with Crippen molar-refractivity contribution in [3.63, 3.8) is 0 Å². The molecule has 2 rings (SSSR count). The van der Waals surface area contributed by atoms with E-state index in [0.29, 0.717) is 17.9 Å². The van der Waals surface area contributed by atoms with E-state index in [9.17, 15) is 4.79 Å². The van der Waals surface area contributed by atoms with Gasteiger partial charge in [-0.3, -0.25) is 0 Å². The van der Waals surface area contributed by atoms with Gasteiger partial charge in [-0.1, -0.05) is 28.9 Å². The Hall–Kier alpha value is -2.55. The second-order valence-corrected chi connectivity index (χ2v) is 7.22. The van der Waals surface area contributed by atoms with E-state index in [2.05, 4.69) is 45.9 Å². The molecule has 1 aromatic heterocycles. The van der Waals surface area contributed by atoms with Crippen molar-refractivity contribution in [3.8, 4) is 5.75 Å². The van der Waals surface area contributed by atoms with Crippen LogP contribution in [0.1, 0.15) is 53.4 Å². The zero-order chi connectivity index (χ0) is 19.6. The molecule has 0 unspecified atom stereocenters. The molecule has 0 aliphatic rings. The van der Waals surface area contributed by atoms with Gasteiger partial charge < -0.3 is 9.15 Å². The van der Waals surface area contributed by atoms with Gasteiger partial charge in [-0.2, -0.15) is 0 Å². The zero-order valence-corrected chi connectivity index (χ0v) is 16.9. The molecule has 0 bridgehead atoms. The molecule has 0 spiro atoms. The number of allylic oxidation sites excluding steroid dienone is 5. The first kappa shape index (κ1) is 20.8. The van der Waals surface area contributed by atoms with E-state index < -0.39 is 0 Å². The van der Waals surface area contributed by atoms with Crippen LogP contribution in [0.15, 0.2) is 74.5 Å². The highest BCUT2D eigenvalue weighted by Gasteiger charge is 2.00. The molecule has 0 aliphatic carbocycles. The summed E-state index contributed by atoms with van der Waals surface area (Å²) in [6.07, 6.45) is 11.1. The molecule has 2 aromatic rings. The van der Waals surface area contributed by atoms with Gasteiger partial charge >= 0.3 is 5.63 Å². The van der Waals surface area contributed by atoms with Crippen molar-refractivity contribution in [2.75, 3.05) is 6.61 Å². The van der Waals surface area contributed by atoms with Crippen LogP contribution in [0.2, 0.25) is 0 Å². The fourth-order valence-electron chi connectivity index (χ4n) is 2.75. The highest BCUT2D eigenvalue weighted by Crippen LogP contribution is 2.19. The molecule has 1 aromatic carbocycles. The maximum absolute atomic E-state index is 11.3. The summed E-state index contributed by atoms with van der Waals surface area (Å²) in [5.41, 5.74) is 4.36. The molecule has 144 valence electrons. The normalized spacial score (nSPS) is 12.3. The molecule has 0 atom stereocenters. The van der Waals surface area contributed by atoms with Crippen molar-refractivity contribution in [1.82, 2.24) is 0 Å². The number of ether oxygens (including phenoxy) is 1. The van der Waals surface area contributed by atoms with Crippen LogP contribution in [0.4, 0.5) is 0 Å². The van der Waals surface area contributed by atoms with Crippen molar-refractivity contribution < 1.29 is 9.15 Å². The van der Waals surface area contributed by atoms with Crippen molar-refractivity contribution in [2.24, 2.45) is 0 Å². The maximum atomic E-state index is 11.3. The Labute approximate surface area is 162 Å². The Morgan fingerprint density at radius 3 is 2.33 bits per heavy atom. The second-order valence-electron chi connectivity index (χ2n) is 7.22. The molecule has 27 heavy (non-hydrogen) atoms. The Morgan fingerprint density at radius 2 is 1.59 bits per heavy atom. The maximum Gasteiger partial charge on any atom is 0.336 e. The zero-order valence-electron chi connectivity index (χ0n) is 16.9. The van der Waals surface area contributed by atoms with Gasteiger partial charge in [-0.15, -0.1) is 0 Å². The summed E-state index contributed by atoms with van der Waals surface area (Å²) >= 11 is 0. The summed E-state index contributed by atoms with van der Waals surface area (Å²) in [5.74, 6) is 0.705. The van der Waals surface area contributed by atoms with E-state index in [0.717, 1.165) is 31.1 Å². The van der Waals surface area contributed by atoms with Gasteiger partial charge in [0.2, 0.25) is 0 Å². The average Bonchev–Trinajstić information content (AvgIpc) is 2.61. The predicted molar refractivity (Wildman–Crippen MR) is 113 cm³/mol. The molecule has 0 N–H and O–H groups in total. The summed E-state index contributed by atoms with van der Waals surface area (Å²) in [7, 11) is 0. The summed E-state index contributed by atoms with van der Waals surface area (Å²) in [6.45, 7) is 9.14. The van der Waals surface area contributed by atoms with Crippen LogP contribution in [-0.2, 0) is 0 Å². The van der Waals surface area contributed by atoms with Gasteiger partial charge in [-0.25, -0.2) is 4.79 Å². The smallest absolute Gasteiger partial charge is 0.336 e. The number of fused-ring (bicyclic) bond motifs is 1. The molecule has 0 saturated heterocycles. The molecule has 3 nitrogen and oxygen atoms in total. The van der Waals surface area contributed by atoms with Crippen LogP contribution in [0.25, 0.3) is 11.0 Å². The third kappa shape index (κ3) is 7.69. The van der Waals surface area contributed by atoms with Crippen LogP contribution in [0.5, 0.6) is 5.75 Å². The van der Waals surface area contributed by atoms with Crippen molar-refractivity contribution >= 4 is 11.0 Å². The number of benzene rings is 1. The lowest BCUT2D eigenvalue weighted by Gasteiger charge is -2.05. The van der Waals surface area contributed by atoms with Crippen LogP contribution >= 0.6 is 0 Å². The van der Waals surface area contributed by atoms with Gasteiger partial charge in [0.1, 0.15) is 17.9 Å². The topological polar surface area (TPSA) is 39.4 Å². The molecule has 3 heteroatoms. The summed E-state index contributed by atoms with van der Waals surface area (Å²) in [4.78, 5) is 11.3. The fourth-order valence-corrected chi connectivity index (χ4v) is 2.75. The standard InChI is InChI=1S/C24H30O3/c1-18(2)7-5-8-19(3)9-6-10-20(4)15-16-26-22-13-11-21-12-14-24(25)27-23(21)17-22/h7,9,11-15,17H,5-6,8,10,16H2,1-4H3/b19-9+,20-15+. The summed E-state index contributed by atoms with van der Waals surface area (Å²) in [5, 5.41) is 0.889. The Morgan fingerprint density at radius 1 is 0.926 bits per heavy atom. The molecular formula is C24H30O3. The number of rotatable bonds is 9. The second kappa shape index (κ2) is 10.6. The van der Waals surface area contributed by atoms with Crippen LogP contribution in [0, 0.1) is 0 Å². The van der Waals surface area contributed by atoms with E-state index >= 15 is 0 Å². The molecule has 0 fully saturated rings. The molecule has 0 aliphatic heterocycles. The number of hydrogen-bond acceptors (Lipinski definition) is 3. The monoisotopic (exact) mass is 366 g/mol. The average molecular weight is 367 g/mol. The third-order valence-corrected chi connectivity index (χ3v) is 4.40. The van der Waals surface area contributed by atoms with Gasteiger partial charge in [0.05, 0.1) is 0 Å². The minimum absolute atomic E-state index is 0.348. The molecule has 0 amide bonds. The first-order chi connectivity index (χ1) is 12.9. The van der Waals surface area contributed by atoms with Gasteiger partial charge in [0.15, 0.2) is 0 Å². The number of hydrogen-bond donors (Lipinski definition) is 0. The van der Waals surface area contributed by atoms with Crippen LogP contribution < -0.4 is 10.4 Å². The summed E-state index contributed by atoms with van der Waals surface area (Å²) in [6, 6.07) is 8.73. The van der Waals surface area contributed by atoms with Crippen molar-refractivity contribution in [1.29, 1.82) is 0 Å². The first-order valence-electron chi connectivity index (χ1n) is 9.55. The van der Waals surface area contributed by atoms with E-state index in [1.165, 1.54) is 22.8 Å². The van der Waals surface area contributed by atoms with Crippen LogP contribution in [-0.4, -0.2) is 6.61 Å². The fraction of sp³-hybridized carbons (Fsp3) is 0.375. The molecular weight excluding hydrogens is 336 g/mol. The van der Waals surface area contributed by atoms with E-state index in [4.69, 9.17) is 9.15 Å². The van der Waals surface area contributed by atoms with Crippen LogP contribution in [0.3, 0.4) is 0 Å².